The second-order valence-electron chi connectivity index (χ2n) is 4.84. The molecule has 0 bridgehead atoms. The van der Waals surface area contributed by atoms with Crippen molar-refractivity contribution in [2.45, 2.75) is 23.9 Å². The number of imidazole rings is 1. The molecule has 0 radical (unpaired) electrons. The van der Waals surface area contributed by atoms with E-state index in [4.69, 9.17) is 10.5 Å². The van der Waals surface area contributed by atoms with Crippen molar-refractivity contribution in [2.24, 2.45) is 0 Å². The fourth-order valence-corrected chi connectivity index (χ4v) is 2.52. The summed E-state index contributed by atoms with van der Waals surface area (Å²) in [5.41, 5.74) is 4.61. The van der Waals surface area contributed by atoms with Gasteiger partial charge in [-0.25, -0.2) is 14.5 Å². The molecule has 1 saturated heterocycles. The molecule has 0 aliphatic carbocycles. The van der Waals surface area contributed by atoms with Crippen LogP contribution in [0.2, 0.25) is 0 Å². The van der Waals surface area contributed by atoms with E-state index in [1.54, 1.807) is 0 Å². The summed E-state index contributed by atoms with van der Waals surface area (Å²) in [6.45, 7) is 3.09. The largest absolute Gasteiger partial charge is 0.394 e. The molecule has 1 aliphatic heterocycles. The highest BCUT2D eigenvalue weighted by Crippen LogP contribution is 2.42. The SMILES string of the molecule is C=C[C@]1(O)C(c2cnc3c(N)ncnn23)O[C@H](CO)[C@H]1O. The zero-order valence-electron chi connectivity index (χ0n) is 11.0. The second kappa shape index (κ2) is 4.74. The number of nitrogens with zero attached hydrogens (tertiary/aromatic N) is 4. The number of hydrogen-bond donors (Lipinski definition) is 4. The summed E-state index contributed by atoms with van der Waals surface area (Å²) >= 11 is 0. The van der Waals surface area contributed by atoms with Crippen molar-refractivity contribution in [1.29, 1.82) is 0 Å². The third-order valence-electron chi connectivity index (χ3n) is 3.69. The Balaban J connectivity index is 2.13. The molecule has 1 fully saturated rings. The van der Waals surface area contributed by atoms with E-state index < -0.39 is 30.5 Å². The number of aliphatic hydroxyl groups is 3. The molecule has 9 heteroatoms. The highest BCUT2D eigenvalue weighted by molar-refractivity contribution is 5.59. The number of rotatable bonds is 3. The molecule has 21 heavy (non-hydrogen) atoms. The fourth-order valence-electron chi connectivity index (χ4n) is 2.52. The minimum atomic E-state index is -1.77. The van der Waals surface area contributed by atoms with Crippen molar-refractivity contribution in [3.8, 4) is 0 Å². The Kier molecular flexibility index (Phi) is 3.14. The van der Waals surface area contributed by atoms with Gasteiger partial charge in [0.05, 0.1) is 18.5 Å². The predicted octanol–water partition coefficient (Wildman–Crippen LogP) is -1.58. The van der Waals surface area contributed by atoms with Crippen LogP contribution in [0.1, 0.15) is 11.8 Å². The third-order valence-corrected chi connectivity index (χ3v) is 3.69. The number of nitrogens with two attached hydrogens (primary N) is 1. The molecule has 0 spiro atoms. The normalized spacial score (nSPS) is 32.6. The molecule has 2 aromatic rings. The molecule has 4 atom stereocenters. The van der Waals surface area contributed by atoms with Gasteiger partial charge in [-0.05, 0) is 0 Å². The summed E-state index contributed by atoms with van der Waals surface area (Å²) in [6, 6.07) is 0. The predicted molar refractivity (Wildman–Crippen MR) is 71.0 cm³/mol. The average molecular weight is 293 g/mol. The lowest BCUT2D eigenvalue weighted by atomic mass is 9.89. The molecule has 0 amide bonds. The molecule has 0 aromatic carbocycles. The summed E-state index contributed by atoms with van der Waals surface area (Å²) in [5.74, 6) is 0.177. The first-order chi connectivity index (χ1) is 10.0. The van der Waals surface area contributed by atoms with Crippen LogP contribution < -0.4 is 5.73 Å². The van der Waals surface area contributed by atoms with Gasteiger partial charge < -0.3 is 25.8 Å². The smallest absolute Gasteiger partial charge is 0.196 e. The number of aliphatic hydroxyl groups excluding tert-OH is 2. The van der Waals surface area contributed by atoms with Gasteiger partial charge in [0.1, 0.15) is 30.2 Å². The maximum atomic E-state index is 10.6. The van der Waals surface area contributed by atoms with E-state index in [1.807, 2.05) is 0 Å². The van der Waals surface area contributed by atoms with Crippen LogP contribution in [0.5, 0.6) is 0 Å². The molecule has 2 aromatic heterocycles. The van der Waals surface area contributed by atoms with E-state index >= 15 is 0 Å². The average Bonchev–Trinajstić information content (AvgIpc) is 3.01. The minimum Gasteiger partial charge on any atom is -0.394 e. The van der Waals surface area contributed by atoms with Crippen molar-refractivity contribution in [1.82, 2.24) is 19.6 Å². The zero-order chi connectivity index (χ0) is 15.2. The zero-order valence-corrected chi connectivity index (χ0v) is 11.0. The van der Waals surface area contributed by atoms with Gasteiger partial charge in [0.15, 0.2) is 11.5 Å². The van der Waals surface area contributed by atoms with E-state index in [0.717, 1.165) is 0 Å². The maximum Gasteiger partial charge on any atom is 0.196 e. The van der Waals surface area contributed by atoms with Crippen LogP contribution in [0.25, 0.3) is 5.65 Å². The third kappa shape index (κ3) is 1.83. The minimum absolute atomic E-state index is 0.177. The van der Waals surface area contributed by atoms with Crippen molar-refractivity contribution >= 4 is 11.5 Å². The first kappa shape index (κ1) is 13.9. The number of aromatic nitrogens is 4. The van der Waals surface area contributed by atoms with Crippen LogP contribution >= 0.6 is 0 Å². The van der Waals surface area contributed by atoms with Crippen molar-refractivity contribution in [2.75, 3.05) is 12.3 Å². The molecule has 112 valence electrons. The van der Waals surface area contributed by atoms with E-state index in [1.165, 1.54) is 23.1 Å². The Morgan fingerprint density at radius 2 is 2.29 bits per heavy atom. The number of anilines is 1. The Morgan fingerprint density at radius 3 is 2.95 bits per heavy atom. The number of ether oxygens (including phenoxy) is 1. The van der Waals surface area contributed by atoms with Crippen LogP contribution in [0.4, 0.5) is 5.82 Å². The molecule has 3 heterocycles. The monoisotopic (exact) mass is 293 g/mol. The van der Waals surface area contributed by atoms with E-state index in [-0.39, 0.29) is 5.82 Å². The Morgan fingerprint density at radius 1 is 1.52 bits per heavy atom. The summed E-state index contributed by atoms with van der Waals surface area (Å²) in [6.07, 6.45) is 0.590. The van der Waals surface area contributed by atoms with Gasteiger partial charge in [0.25, 0.3) is 0 Å². The molecular weight excluding hydrogens is 278 g/mol. The van der Waals surface area contributed by atoms with Gasteiger partial charge in [-0.3, -0.25) is 0 Å². The molecule has 3 rings (SSSR count). The van der Waals surface area contributed by atoms with Crippen LogP contribution in [0, 0.1) is 0 Å². The van der Waals surface area contributed by atoms with Gasteiger partial charge in [-0.2, -0.15) is 5.10 Å². The molecule has 9 nitrogen and oxygen atoms in total. The fraction of sp³-hybridized carbons (Fsp3) is 0.417. The van der Waals surface area contributed by atoms with Gasteiger partial charge >= 0.3 is 0 Å². The highest BCUT2D eigenvalue weighted by atomic mass is 16.6. The Bertz CT molecular complexity index is 689. The maximum absolute atomic E-state index is 10.6. The van der Waals surface area contributed by atoms with E-state index in [0.29, 0.717) is 11.3 Å². The Hall–Kier alpha value is -2.07. The number of fused-ring (bicyclic) bond motifs is 1. The van der Waals surface area contributed by atoms with Gasteiger partial charge in [0.2, 0.25) is 0 Å². The van der Waals surface area contributed by atoms with Crippen LogP contribution in [-0.2, 0) is 4.74 Å². The van der Waals surface area contributed by atoms with Gasteiger partial charge in [-0.1, -0.05) is 6.08 Å². The van der Waals surface area contributed by atoms with Crippen LogP contribution in [0.15, 0.2) is 25.2 Å². The first-order valence-electron chi connectivity index (χ1n) is 6.27. The van der Waals surface area contributed by atoms with Gasteiger partial charge in [0, 0.05) is 0 Å². The standard InChI is InChI=1S/C12H15N5O4/c1-2-12(20)8(19)7(4-18)21-9(12)6-3-14-11-10(13)15-5-16-17(6)11/h2-3,5,7-9,18-20H,1,4H2,(H2,13,15,16)/t7-,8-,9?,12-/m1/s1. The van der Waals surface area contributed by atoms with Crippen LogP contribution in [-0.4, -0.2) is 59.3 Å². The number of nitrogen functional groups attached to an aromatic ring is 1. The summed E-state index contributed by atoms with van der Waals surface area (Å²) < 4.78 is 6.91. The van der Waals surface area contributed by atoms with Crippen molar-refractivity contribution < 1.29 is 20.1 Å². The van der Waals surface area contributed by atoms with Crippen molar-refractivity contribution in [3.63, 3.8) is 0 Å². The lowest BCUT2D eigenvalue weighted by Gasteiger charge is -2.26. The van der Waals surface area contributed by atoms with E-state index in [2.05, 4.69) is 21.6 Å². The molecule has 5 N–H and O–H groups in total. The topological polar surface area (TPSA) is 139 Å². The summed E-state index contributed by atoms with van der Waals surface area (Å²) in [4.78, 5) is 7.90. The number of hydrogen-bond acceptors (Lipinski definition) is 8. The molecule has 1 aliphatic rings. The second-order valence-corrected chi connectivity index (χ2v) is 4.84. The molecular formula is C12H15N5O4. The Labute approximate surface area is 119 Å². The molecule has 0 saturated carbocycles. The summed E-state index contributed by atoms with van der Waals surface area (Å²) in [7, 11) is 0. The van der Waals surface area contributed by atoms with Crippen LogP contribution in [0.3, 0.4) is 0 Å². The lowest BCUT2D eigenvalue weighted by molar-refractivity contribution is -0.0434. The van der Waals surface area contributed by atoms with Gasteiger partial charge in [-0.15, -0.1) is 6.58 Å². The summed E-state index contributed by atoms with van der Waals surface area (Å²) in [5, 5.41) is 34.0. The first-order valence-corrected chi connectivity index (χ1v) is 6.27. The molecule has 1 unspecified atom stereocenters. The highest BCUT2D eigenvalue weighted by Gasteiger charge is 2.54. The quantitative estimate of drug-likeness (QED) is 0.497. The van der Waals surface area contributed by atoms with E-state index in [9.17, 15) is 15.3 Å². The lowest BCUT2D eigenvalue weighted by Crippen LogP contribution is -2.44. The van der Waals surface area contributed by atoms with Crippen molar-refractivity contribution in [3.05, 3.63) is 30.9 Å².